The topological polar surface area (TPSA) is 72.2 Å². The molecule has 2 heterocycles. The van der Waals surface area contributed by atoms with E-state index in [0.29, 0.717) is 17.3 Å². The number of aryl methyl sites for hydroxylation is 1. The zero-order valence-electron chi connectivity index (χ0n) is 14.2. The van der Waals surface area contributed by atoms with Gasteiger partial charge in [-0.3, -0.25) is 4.79 Å². The molecule has 2 aromatic carbocycles. The first kappa shape index (κ1) is 16.5. The van der Waals surface area contributed by atoms with Crippen LogP contribution >= 0.6 is 11.8 Å². The second-order valence-electron chi connectivity index (χ2n) is 5.94. The van der Waals surface area contributed by atoms with Crippen molar-refractivity contribution in [2.45, 2.75) is 18.5 Å². The Morgan fingerprint density at radius 1 is 1.19 bits per heavy atom. The highest BCUT2D eigenvalue weighted by Gasteiger charge is 2.09. The highest BCUT2D eigenvalue weighted by Crippen LogP contribution is 2.20. The van der Waals surface area contributed by atoms with Crippen LogP contribution in [-0.2, 0) is 4.79 Å². The van der Waals surface area contributed by atoms with Gasteiger partial charge < -0.3 is 5.32 Å². The second-order valence-corrected chi connectivity index (χ2v) is 7.00. The number of carbonyl (C=O) groups is 1. The highest BCUT2D eigenvalue weighted by molar-refractivity contribution is 7.99. The Kier molecular flexibility index (Phi) is 4.53. The predicted molar refractivity (Wildman–Crippen MR) is 103 cm³/mol. The van der Waals surface area contributed by atoms with Crippen LogP contribution in [0.5, 0.6) is 0 Å². The van der Waals surface area contributed by atoms with Crippen LogP contribution in [0, 0.1) is 6.92 Å². The molecule has 0 radical (unpaired) electrons. The third kappa shape index (κ3) is 3.52. The van der Waals surface area contributed by atoms with Crippen molar-refractivity contribution in [2.24, 2.45) is 0 Å². The lowest BCUT2D eigenvalue weighted by molar-refractivity contribution is -0.115. The van der Waals surface area contributed by atoms with Gasteiger partial charge in [-0.2, -0.15) is 0 Å². The fraction of sp³-hybridized carbons (Fsp3) is 0.158. The van der Waals surface area contributed by atoms with Crippen LogP contribution in [0.15, 0.2) is 60.0 Å². The van der Waals surface area contributed by atoms with Gasteiger partial charge in [-0.25, -0.2) is 14.5 Å². The van der Waals surface area contributed by atoms with Crippen molar-refractivity contribution >= 4 is 39.9 Å². The standard InChI is InChI=1S/C19H17N5OS/c1-13-5-4-6-14(11-13)21-17(25)9-10-26-19-22-18-15-7-2-3-8-16(15)20-12-24(18)23-19/h2-8,11-12H,9-10H2,1H3,(H,21,25). The van der Waals surface area contributed by atoms with Crippen LogP contribution < -0.4 is 5.32 Å². The van der Waals surface area contributed by atoms with Crippen molar-refractivity contribution in [3.8, 4) is 0 Å². The maximum Gasteiger partial charge on any atom is 0.225 e. The molecule has 130 valence electrons. The lowest BCUT2D eigenvalue weighted by atomic mass is 10.2. The molecule has 2 aromatic heterocycles. The largest absolute Gasteiger partial charge is 0.326 e. The van der Waals surface area contributed by atoms with Crippen molar-refractivity contribution in [1.82, 2.24) is 19.6 Å². The number of amides is 1. The average Bonchev–Trinajstić information content (AvgIpc) is 3.05. The molecule has 0 aliphatic rings. The monoisotopic (exact) mass is 363 g/mol. The normalized spacial score (nSPS) is 11.1. The molecule has 0 aliphatic carbocycles. The van der Waals surface area contributed by atoms with Gasteiger partial charge >= 0.3 is 0 Å². The minimum Gasteiger partial charge on any atom is -0.326 e. The number of aromatic nitrogens is 4. The zero-order chi connectivity index (χ0) is 17.9. The summed E-state index contributed by atoms with van der Waals surface area (Å²) in [6, 6.07) is 15.6. The molecular weight excluding hydrogens is 346 g/mol. The van der Waals surface area contributed by atoms with E-state index in [4.69, 9.17) is 0 Å². The molecule has 7 heteroatoms. The van der Waals surface area contributed by atoms with Crippen LogP contribution in [0.1, 0.15) is 12.0 Å². The van der Waals surface area contributed by atoms with Gasteiger partial charge in [0, 0.05) is 23.2 Å². The average molecular weight is 363 g/mol. The molecule has 0 aliphatic heterocycles. The van der Waals surface area contributed by atoms with E-state index in [0.717, 1.165) is 27.8 Å². The summed E-state index contributed by atoms with van der Waals surface area (Å²) in [6.45, 7) is 2.00. The van der Waals surface area contributed by atoms with Gasteiger partial charge in [-0.05, 0) is 36.8 Å². The molecule has 6 nitrogen and oxygen atoms in total. The first-order chi connectivity index (χ1) is 12.7. The van der Waals surface area contributed by atoms with E-state index in [2.05, 4.69) is 20.4 Å². The predicted octanol–water partition coefficient (Wildman–Crippen LogP) is 3.71. The Morgan fingerprint density at radius 2 is 2.08 bits per heavy atom. The number of para-hydroxylation sites is 1. The van der Waals surface area contributed by atoms with Crippen molar-refractivity contribution in [2.75, 3.05) is 11.1 Å². The minimum absolute atomic E-state index is 0.0148. The molecule has 1 amide bonds. The Hall–Kier alpha value is -2.93. The fourth-order valence-corrected chi connectivity index (χ4v) is 3.47. The maximum atomic E-state index is 12.1. The van der Waals surface area contributed by atoms with Crippen molar-refractivity contribution in [1.29, 1.82) is 0 Å². The number of anilines is 1. The Balaban J connectivity index is 1.40. The van der Waals surface area contributed by atoms with E-state index >= 15 is 0 Å². The first-order valence-corrected chi connectivity index (χ1v) is 9.27. The van der Waals surface area contributed by atoms with E-state index in [1.807, 2.05) is 55.5 Å². The molecule has 4 aromatic rings. The summed E-state index contributed by atoms with van der Waals surface area (Å²) in [5, 5.41) is 8.95. The number of nitrogens with one attached hydrogen (secondary N) is 1. The van der Waals surface area contributed by atoms with Crippen molar-refractivity contribution in [3.05, 3.63) is 60.4 Å². The van der Waals surface area contributed by atoms with Crippen LogP contribution in [0.2, 0.25) is 0 Å². The Morgan fingerprint density at radius 3 is 2.96 bits per heavy atom. The van der Waals surface area contributed by atoms with Crippen molar-refractivity contribution in [3.63, 3.8) is 0 Å². The third-order valence-electron chi connectivity index (χ3n) is 3.93. The van der Waals surface area contributed by atoms with Gasteiger partial charge in [0.15, 0.2) is 5.65 Å². The number of hydrogen-bond donors (Lipinski definition) is 1. The molecule has 26 heavy (non-hydrogen) atoms. The fourth-order valence-electron chi connectivity index (χ4n) is 2.70. The quantitative estimate of drug-likeness (QED) is 0.547. The molecule has 4 rings (SSSR count). The number of rotatable bonds is 5. The molecule has 0 saturated carbocycles. The summed E-state index contributed by atoms with van der Waals surface area (Å²) < 4.78 is 1.68. The van der Waals surface area contributed by atoms with Crippen LogP contribution in [0.3, 0.4) is 0 Å². The first-order valence-electron chi connectivity index (χ1n) is 8.28. The number of carbonyl (C=O) groups excluding carboxylic acids is 1. The van der Waals surface area contributed by atoms with Crippen LogP contribution in [0.4, 0.5) is 5.69 Å². The molecule has 0 fully saturated rings. The molecule has 0 bridgehead atoms. The molecule has 0 atom stereocenters. The summed E-state index contributed by atoms with van der Waals surface area (Å²) in [5.74, 6) is 0.596. The summed E-state index contributed by atoms with van der Waals surface area (Å²) in [6.07, 6.45) is 2.06. The second kappa shape index (κ2) is 7.13. The van der Waals surface area contributed by atoms with Gasteiger partial charge in [-0.1, -0.05) is 36.0 Å². The number of benzene rings is 2. The third-order valence-corrected chi connectivity index (χ3v) is 4.76. The van der Waals surface area contributed by atoms with E-state index in [1.54, 1.807) is 10.8 Å². The minimum atomic E-state index is -0.0148. The van der Waals surface area contributed by atoms with Gasteiger partial charge in [0.2, 0.25) is 11.1 Å². The van der Waals surface area contributed by atoms with Crippen molar-refractivity contribution < 1.29 is 4.79 Å². The summed E-state index contributed by atoms with van der Waals surface area (Å²) in [7, 11) is 0. The number of fused-ring (bicyclic) bond motifs is 3. The highest BCUT2D eigenvalue weighted by atomic mass is 32.2. The number of nitrogens with zero attached hydrogens (tertiary/aromatic N) is 4. The lowest BCUT2D eigenvalue weighted by Gasteiger charge is -2.05. The number of thioether (sulfide) groups is 1. The summed E-state index contributed by atoms with van der Waals surface area (Å²) in [4.78, 5) is 21.0. The lowest BCUT2D eigenvalue weighted by Crippen LogP contribution is -2.12. The van der Waals surface area contributed by atoms with Crippen LogP contribution in [-0.4, -0.2) is 31.2 Å². The van der Waals surface area contributed by atoms with Gasteiger partial charge in [-0.15, -0.1) is 5.10 Å². The molecular formula is C19H17N5OS. The van der Waals surface area contributed by atoms with Crippen LogP contribution in [0.25, 0.3) is 16.6 Å². The van der Waals surface area contributed by atoms with Gasteiger partial charge in [0.1, 0.15) is 6.33 Å². The number of hydrogen-bond acceptors (Lipinski definition) is 5. The zero-order valence-corrected chi connectivity index (χ0v) is 15.0. The Bertz CT molecular complexity index is 1090. The van der Waals surface area contributed by atoms with Gasteiger partial charge in [0.05, 0.1) is 5.52 Å². The summed E-state index contributed by atoms with van der Waals surface area (Å²) >= 11 is 1.47. The summed E-state index contributed by atoms with van der Waals surface area (Å²) in [5.41, 5.74) is 3.61. The SMILES string of the molecule is Cc1cccc(NC(=O)CCSc2nc3c4ccccc4ncn3n2)c1. The molecule has 0 spiro atoms. The molecule has 0 saturated heterocycles. The molecule has 0 unspecified atom stereocenters. The maximum absolute atomic E-state index is 12.1. The van der Waals surface area contributed by atoms with Gasteiger partial charge in [0.25, 0.3) is 0 Å². The van der Waals surface area contributed by atoms with E-state index in [1.165, 1.54) is 11.8 Å². The molecule has 1 N–H and O–H groups in total. The Labute approximate surface area is 154 Å². The van der Waals surface area contributed by atoms with E-state index < -0.39 is 0 Å². The van der Waals surface area contributed by atoms with E-state index in [-0.39, 0.29) is 5.91 Å². The smallest absolute Gasteiger partial charge is 0.225 e. The van der Waals surface area contributed by atoms with E-state index in [9.17, 15) is 4.79 Å².